The van der Waals surface area contributed by atoms with Crippen LogP contribution in [0.1, 0.15) is 5.56 Å². The third-order valence-corrected chi connectivity index (χ3v) is 3.41. The summed E-state index contributed by atoms with van der Waals surface area (Å²) in [5, 5.41) is 8.07. The highest BCUT2D eigenvalue weighted by atomic mass is 35.5. The predicted octanol–water partition coefficient (Wildman–Crippen LogP) is 3.94. The van der Waals surface area contributed by atoms with Gasteiger partial charge in [-0.05, 0) is 29.8 Å². The average Bonchev–Trinajstić information content (AvgIpc) is 2.52. The molecule has 21 heavy (non-hydrogen) atoms. The van der Waals surface area contributed by atoms with Gasteiger partial charge in [0, 0.05) is 24.0 Å². The van der Waals surface area contributed by atoms with Crippen LogP contribution < -0.4 is 10.6 Å². The van der Waals surface area contributed by atoms with Crippen molar-refractivity contribution in [2.45, 2.75) is 6.54 Å². The molecule has 0 aliphatic heterocycles. The average molecular weight is 299 g/mol. The SMILES string of the molecule is CNc1nc(NCc2cccc(Cl)c2)c2ccccc2n1. The number of rotatable bonds is 4. The molecule has 0 atom stereocenters. The maximum absolute atomic E-state index is 6.01. The lowest BCUT2D eigenvalue weighted by atomic mass is 10.2. The van der Waals surface area contributed by atoms with E-state index >= 15 is 0 Å². The van der Waals surface area contributed by atoms with Gasteiger partial charge in [0.15, 0.2) is 0 Å². The Hall–Kier alpha value is -2.33. The van der Waals surface area contributed by atoms with E-state index in [1.165, 1.54) is 0 Å². The van der Waals surface area contributed by atoms with Crippen LogP contribution in [0.3, 0.4) is 0 Å². The quantitative estimate of drug-likeness (QED) is 0.766. The first-order chi connectivity index (χ1) is 10.3. The molecule has 4 nitrogen and oxygen atoms in total. The Kier molecular flexibility index (Phi) is 3.88. The molecule has 2 aromatic carbocycles. The maximum atomic E-state index is 6.01. The number of aromatic nitrogens is 2. The number of anilines is 2. The van der Waals surface area contributed by atoms with Crippen molar-refractivity contribution in [2.75, 3.05) is 17.7 Å². The van der Waals surface area contributed by atoms with E-state index in [2.05, 4.69) is 20.6 Å². The lowest BCUT2D eigenvalue weighted by Gasteiger charge is -2.10. The molecule has 0 radical (unpaired) electrons. The Morgan fingerprint density at radius 1 is 1.05 bits per heavy atom. The zero-order valence-electron chi connectivity index (χ0n) is 11.6. The first-order valence-electron chi connectivity index (χ1n) is 6.69. The Bertz CT molecular complexity index is 773. The molecule has 0 amide bonds. The van der Waals surface area contributed by atoms with Gasteiger partial charge in [-0.25, -0.2) is 4.98 Å². The number of halogens is 1. The molecule has 3 rings (SSSR count). The first-order valence-corrected chi connectivity index (χ1v) is 7.07. The van der Waals surface area contributed by atoms with E-state index in [-0.39, 0.29) is 0 Å². The van der Waals surface area contributed by atoms with Crippen LogP contribution in [-0.2, 0) is 6.54 Å². The normalized spacial score (nSPS) is 10.6. The molecular weight excluding hydrogens is 284 g/mol. The molecule has 0 unspecified atom stereocenters. The summed E-state index contributed by atoms with van der Waals surface area (Å²) in [6, 6.07) is 15.7. The van der Waals surface area contributed by atoms with Crippen molar-refractivity contribution >= 4 is 34.3 Å². The summed E-state index contributed by atoms with van der Waals surface area (Å²) in [7, 11) is 1.81. The van der Waals surface area contributed by atoms with E-state index in [0.29, 0.717) is 12.5 Å². The molecule has 0 saturated heterocycles. The van der Waals surface area contributed by atoms with E-state index in [1.807, 2.05) is 55.6 Å². The van der Waals surface area contributed by atoms with E-state index in [1.54, 1.807) is 0 Å². The molecule has 3 aromatic rings. The molecule has 0 aliphatic rings. The van der Waals surface area contributed by atoms with E-state index < -0.39 is 0 Å². The molecule has 2 N–H and O–H groups in total. The molecule has 1 aromatic heterocycles. The molecule has 0 spiro atoms. The summed E-state index contributed by atoms with van der Waals surface area (Å²) in [5.41, 5.74) is 2.02. The third kappa shape index (κ3) is 3.06. The summed E-state index contributed by atoms with van der Waals surface area (Å²) < 4.78 is 0. The number of hydrogen-bond donors (Lipinski definition) is 2. The number of benzene rings is 2. The van der Waals surface area contributed by atoms with Gasteiger partial charge in [-0.1, -0.05) is 35.9 Å². The van der Waals surface area contributed by atoms with Crippen molar-refractivity contribution in [3.63, 3.8) is 0 Å². The molecule has 106 valence electrons. The standard InChI is InChI=1S/C16H15ClN4/c1-18-16-20-14-8-3-2-7-13(14)15(21-16)19-10-11-5-4-6-12(17)9-11/h2-9H,10H2,1H3,(H2,18,19,20,21). The second-order valence-electron chi connectivity index (χ2n) is 4.65. The summed E-state index contributed by atoms with van der Waals surface area (Å²) >= 11 is 6.01. The van der Waals surface area contributed by atoms with Crippen molar-refractivity contribution in [1.29, 1.82) is 0 Å². The first kappa shape index (κ1) is 13.6. The third-order valence-electron chi connectivity index (χ3n) is 3.18. The minimum atomic E-state index is 0.599. The van der Waals surface area contributed by atoms with Gasteiger partial charge in [-0.3, -0.25) is 0 Å². The lowest BCUT2D eigenvalue weighted by Crippen LogP contribution is -2.05. The van der Waals surface area contributed by atoms with E-state index in [0.717, 1.165) is 27.3 Å². The highest BCUT2D eigenvalue weighted by molar-refractivity contribution is 6.30. The van der Waals surface area contributed by atoms with Crippen molar-refractivity contribution < 1.29 is 0 Å². The Labute approximate surface area is 128 Å². The van der Waals surface area contributed by atoms with Gasteiger partial charge in [-0.15, -0.1) is 0 Å². The molecule has 0 bridgehead atoms. The summed E-state index contributed by atoms with van der Waals surface area (Å²) in [6.07, 6.45) is 0. The van der Waals surface area contributed by atoms with Crippen molar-refractivity contribution in [2.24, 2.45) is 0 Å². The van der Waals surface area contributed by atoms with E-state index in [9.17, 15) is 0 Å². The summed E-state index contributed by atoms with van der Waals surface area (Å²) in [5.74, 6) is 1.41. The number of nitrogens with zero attached hydrogens (tertiary/aromatic N) is 2. The fourth-order valence-electron chi connectivity index (χ4n) is 2.16. The minimum Gasteiger partial charge on any atom is -0.365 e. The Morgan fingerprint density at radius 2 is 1.90 bits per heavy atom. The second-order valence-corrected chi connectivity index (χ2v) is 5.08. The van der Waals surface area contributed by atoms with Gasteiger partial charge < -0.3 is 10.6 Å². The Morgan fingerprint density at radius 3 is 2.71 bits per heavy atom. The van der Waals surface area contributed by atoms with Crippen LogP contribution in [0.5, 0.6) is 0 Å². The van der Waals surface area contributed by atoms with Gasteiger partial charge in [0.05, 0.1) is 5.52 Å². The number of para-hydroxylation sites is 1. The Balaban J connectivity index is 1.92. The molecule has 5 heteroatoms. The van der Waals surface area contributed by atoms with Crippen molar-refractivity contribution in [1.82, 2.24) is 9.97 Å². The van der Waals surface area contributed by atoms with Gasteiger partial charge in [0.1, 0.15) is 5.82 Å². The number of fused-ring (bicyclic) bond motifs is 1. The largest absolute Gasteiger partial charge is 0.365 e. The highest BCUT2D eigenvalue weighted by Crippen LogP contribution is 2.22. The highest BCUT2D eigenvalue weighted by Gasteiger charge is 2.06. The monoisotopic (exact) mass is 298 g/mol. The number of hydrogen-bond acceptors (Lipinski definition) is 4. The zero-order chi connectivity index (χ0) is 14.7. The summed E-state index contributed by atoms with van der Waals surface area (Å²) in [4.78, 5) is 8.93. The zero-order valence-corrected chi connectivity index (χ0v) is 12.4. The molecule has 0 fully saturated rings. The lowest BCUT2D eigenvalue weighted by molar-refractivity contribution is 1.10. The topological polar surface area (TPSA) is 49.8 Å². The van der Waals surface area contributed by atoms with Crippen LogP contribution in [0, 0.1) is 0 Å². The molecule has 1 heterocycles. The van der Waals surface area contributed by atoms with Gasteiger partial charge in [0.25, 0.3) is 0 Å². The van der Waals surface area contributed by atoms with Gasteiger partial charge >= 0.3 is 0 Å². The molecule has 0 aliphatic carbocycles. The number of nitrogens with one attached hydrogen (secondary N) is 2. The van der Waals surface area contributed by atoms with Crippen LogP contribution in [0.25, 0.3) is 10.9 Å². The smallest absolute Gasteiger partial charge is 0.224 e. The second kappa shape index (κ2) is 5.97. The predicted molar refractivity (Wildman–Crippen MR) is 87.9 cm³/mol. The van der Waals surface area contributed by atoms with Gasteiger partial charge in [-0.2, -0.15) is 4.98 Å². The van der Waals surface area contributed by atoms with Crippen LogP contribution in [0.15, 0.2) is 48.5 Å². The van der Waals surface area contributed by atoms with Crippen LogP contribution in [0.2, 0.25) is 5.02 Å². The van der Waals surface area contributed by atoms with E-state index in [4.69, 9.17) is 11.6 Å². The van der Waals surface area contributed by atoms with Crippen molar-refractivity contribution in [3.05, 3.63) is 59.1 Å². The fraction of sp³-hybridized carbons (Fsp3) is 0.125. The van der Waals surface area contributed by atoms with Crippen molar-refractivity contribution in [3.8, 4) is 0 Å². The minimum absolute atomic E-state index is 0.599. The molecular formula is C16H15ClN4. The molecule has 0 saturated carbocycles. The van der Waals surface area contributed by atoms with Gasteiger partial charge in [0.2, 0.25) is 5.95 Å². The van der Waals surface area contributed by atoms with Crippen LogP contribution in [0.4, 0.5) is 11.8 Å². The summed E-state index contributed by atoms with van der Waals surface area (Å²) in [6.45, 7) is 0.657. The fourth-order valence-corrected chi connectivity index (χ4v) is 2.37. The van der Waals surface area contributed by atoms with Crippen LogP contribution >= 0.6 is 11.6 Å². The van der Waals surface area contributed by atoms with Crippen LogP contribution in [-0.4, -0.2) is 17.0 Å². The maximum Gasteiger partial charge on any atom is 0.224 e.